The number of nitro groups is 1. The molecule has 106 valence electrons. The average molecular weight is 268 g/mol. The molecule has 0 spiro atoms. The molecular weight excluding hydrogens is 248 g/mol. The highest BCUT2D eigenvalue weighted by molar-refractivity contribution is 5.42. The van der Waals surface area contributed by atoms with Gasteiger partial charge in [-0.25, -0.2) is 0 Å². The van der Waals surface area contributed by atoms with Gasteiger partial charge >= 0.3 is 0 Å². The molecule has 6 nitrogen and oxygen atoms in total. The van der Waals surface area contributed by atoms with Gasteiger partial charge in [0.05, 0.1) is 24.2 Å². The van der Waals surface area contributed by atoms with E-state index in [1.165, 1.54) is 19.2 Å². The number of benzene rings is 1. The number of aliphatic hydroxyl groups is 1. The maximum absolute atomic E-state index is 10.8. The lowest BCUT2D eigenvalue weighted by Gasteiger charge is -2.29. The van der Waals surface area contributed by atoms with Crippen molar-refractivity contribution in [2.24, 2.45) is 0 Å². The van der Waals surface area contributed by atoms with Gasteiger partial charge in [0, 0.05) is 18.2 Å². The van der Waals surface area contributed by atoms with Crippen molar-refractivity contribution in [1.82, 2.24) is 5.32 Å². The van der Waals surface area contributed by atoms with E-state index in [1.54, 1.807) is 13.0 Å². The third-order valence-corrected chi connectivity index (χ3v) is 3.19. The Morgan fingerprint density at radius 2 is 2.11 bits per heavy atom. The van der Waals surface area contributed by atoms with Gasteiger partial charge in [-0.05, 0) is 32.4 Å². The van der Waals surface area contributed by atoms with Gasteiger partial charge in [0.25, 0.3) is 5.69 Å². The highest BCUT2D eigenvalue weighted by atomic mass is 16.6. The summed E-state index contributed by atoms with van der Waals surface area (Å²) in [6.45, 7) is 5.84. The molecule has 1 rings (SSSR count). The second-order valence-corrected chi connectivity index (χ2v) is 5.05. The topological polar surface area (TPSA) is 84.6 Å². The maximum Gasteiger partial charge on any atom is 0.273 e. The molecular formula is C13H20N2O4. The summed E-state index contributed by atoms with van der Waals surface area (Å²) in [5, 5.41) is 23.6. The summed E-state index contributed by atoms with van der Waals surface area (Å²) >= 11 is 0. The zero-order valence-corrected chi connectivity index (χ0v) is 11.6. The van der Waals surface area contributed by atoms with E-state index in [4.69, 9.17) is 4.74 Å². The van der Waals surface area contributed by atoms with Crippen LogP contribution in [0, 0.1) is 10.1 Å². The molecule has 0 saturated carbocycles. The van der Waals surface area contributed by atoms with Gasteiger partial charge < -0.3 is 15.2 Å². The summed E-state index contributed by atoms with van der Waals surface area (Å²) in [6, 6.07) is 4.61. The van der Waals surface area contributed by atoms with Crippen molar-refractivity contribution >= 4 is 5.69 Å². The molecule has 1 atom stereocenters. The summed E-state index contributed by atoms with van der Waals surface area (Å²) in [6.07, 6.45) is -0.534. The summed E-state index contributed by atoms with van der Waals surface area (Å²) < 4.78 is 5.04. The van der Waals surface area contributed by atoms with E-state index in [0.717, 1.165) is 5.56 Å². The van der Waals surface area contributed by atoms with E-state index in [9.17, 15) is 15.2 Å². The number of rotatable bonds is 6. The molecule has 2 N–H and O–H groups in total. The Hall–Kier alpha value is -1.66. The van der Waals surface area contributed by atoms with E-state index in [0.29, 0.717) is 12.3 Å². The number of nitro benzene ring substituents is 1. The lowest BCUT2D eigenvalue weighted by molar-refractivity contribution is -0.385. The lowest BCUT2D eigenvalue weighted by Crippen LogP contribution is -2.47. The van der Waals surface area contributed by atoms with E-state index in [1.807, 2.05) is 13.8 Å². The molecule has 0 aromatic heterocycles. The Kier molecular flexibility index (Phi) is 4.85. The zero-order chi connectivity index (χ0) is 14.6. The monoisotopic (exact) mass is 268 g/mol. The highest BCUT2D eigenvalue weighted by Gasteiger charge is 2.23. The second kappa shape index (κ2) is 5.99. The molecule has 6 heteroatoms. The standard InChI is InChI=1S/C13H20N2O4/c1-9(16)13(2,3)14-8-10-5-11(15(17)18)7-12(6-10)19-4/h5-7,9,14,16H,8H2,1-4H3. The maximum atomic E-state index is 10.8. The fraction of sp³-hybridized carbons (Fsp3) is 0.538. The van der Waals surface area contributed by atoms with Crippen molar-refractivity contribution in [3.63, 3.8) is 0 Å². The van der Waals surface area contributed by atoms with E-state index >= 15 is 0 Å². The smallest absolute Gasteiger partial charge is 0.273 e. The van der Waals surface area contributed by atoms with Crippen LogP contribution in [0.15, 0.2) is 18.2 Å². The number of hydrogen-bond acceptors (Lipinski definition) is 5. The van der Waals surface area contributed by atoms with E-state index in [2.05, 4.69) is 5.32 Å². The van der Waals surface area contributed by atoms with Crippen LogP contribution in [0.2, 0.25) is 0 Å². The first-order valence-electron chi connectivity index (χ1n) is 6.01. The normalized spacial score (nSPS) is 13.1. The van der Waals surface area contributed by atoms with Crippen LogP contribution in [0.25, 0.3) is 0 Å². The Morgan fingerprint density at radius 3 is 2.58 bits per heavy atom. The Labute approximate surface area is 112 Å². The van der Waals surface area contributed by atoms with E-state index < -0.39 is 16.6 Å². The van der Waals surface area contributed by atoms with Gasteiger partial charge in [-0.2, -0.15) is 0 Å². The Bertz CT molecular complexity index is 458. The number of hydrogen-bond donors (Lipinski definition) is 2. The molecule has 0 aliphatic rings. The van der Waals surface area contributed by atoms with Gasteiger partial charge in [0.15, 0.2) is 0 Å². The molecule has 1 aromatic rings. The van der Waals surface area contributed by atoms with E-state index in [-0.39, 0.29) is 5.69 Å². The summed E-state index contributed by atoms with van der Waals surface area (Å²) in [7, 11) is 1.47. The molecule has 0 amide bonds. The molecule has 0 aliphatic carbocycles. The van der Waals surface area contributed by atoms with Crippen LogP contribution in [0.5, 0.6) is 5.75 Å². The first-order valence-corrected chi connectivity index (χ1v) is 6.01. The number of nitrogens with zero attached hydrogens (tertiary/aromatic N) is 1. The molecule has 0 heterocycles. The summed E-state index contributed by atoms with van der Waals surface area (Å²) in [5.41, 5.74) is 0.253. The molecule has 0 bridgehead atoms. The first-order chi connectivity index (χ1) is 8.76. The van der Waals surface area contributed by atoms with Crippen LogP contribution in [0.3, 0.4) is 0 Å². The van der Waals surface area contributed by atoms with Crippen molar-refractivity contribution in [2.45, 2.75) is 39.0 Å². The largest absolute Gasteiger partial charge is 0.496 e. The van der Waals surface area contributed by atoms with Gasteiger partial charge in [-0.3, -0.25) is 10.1 Å². The van der Waals surface area contributed by atoms with Crippen LogP contribution in [0.4, 0.5) is 5.69 Å². The van der Waals surface area contributed by atoms with Crippen molar-refractivity contribution in [3.8, 4) is 5.75 Å². The van der Waals surface area contributed by atoms with Crippen LogP contribution in [-0.2, 0) is 6.54 Å². The molecule has 0 aliphatic heterocycles. The molecule has 0 saturated heterocycles. The van der Waals surface area contributed by atoms with Crippen LogP contribution in [0.1, 0.15) is 26.3 Å². The van der Waals surface area contributed by atoms with Crippen molar-refractivity contribution in [1.29, 1.82) is 0 Å². The van der Waals surface area contributed by atoms with Gasteiger partial charge in [0.2, 0.25) is 0 Å². The quantitative estimate of drug-likeness (QED) is 0.607. The van der Waals surface area contributed by atoms with Gasteiger partial charge in [0.1, 0.15) is 5.75 Å². The number of ether oxygens (including phenoxy) is 1. The van der Waals surface area contributed by atoms with Crippen molar-refractivity contribution in [2.75, 3.05) is 7.11 Å². The third-order valence-electron chi connectivity index (χ3n) is 3.19. The minimum Gasteiger partial charge on any atom is -0.496 e. The lowest BCUT2D eigenvalue weighted by atomic mass is 9.98. The molecule has 0 radical (unpaired) electrons. The fourth-order valence-electron chi connectivity index (χ4n) is 1.45. The average Bonchev–Trinajstić information content (AvgIpc) is 2.35. The summed E-state index contributed by atoms with van der Waals surface area (Å²) in [4.78, 5) is 10.4. The van der Waals surface area contributed by atoms with Crippen molar-refractivity contribution < 1.29 is 14.8 Å². The molecule has 19 heavy (non-hydrogen) atoms. The minimum atomic E-state index is -0.534. The first kappa shape index (κ1) is 15.4. The Balaban J connectivity index is 2.89. The van der Waals surface area contributed by atoms with Crippen LogP contribution in [-0.4, -0.2) is 28.8 Å². The number of aliphatic hydroxyl groups excluding tert-OH is 1. The minimum absolute atomic E-state index is 0.00833. The van der Waals surface area contributed by atoms with Gasteiger partial charge in [-0.15, -0.1) is 0 Å². The number of methoxy groups -OCH3 is 1. The third kappa shape index (κ3) is 4.18. The molecule has 1 unspecified atom stereocenters. The fourth-order valence-corrected chi connectivity index (χ4v) is 1.45. The van der Waals surface area contributed by atoms with Crippen LogP contribution < -0.4 is 10.1 Å². The predicted molar refractivity (Wildman–Crippen MR) is 72.2 cm³/mol. The number of non-ortho nitro benzene ring substituents is 1. The SMILES string of the molecule is COc1cc(CNC(C)(C)C(C)O)cc([N+](=O)[O-])c1. The zero-order valence-electron chi connectivity index (χ0n) is 11.6. The highest BCUT2D eigenvalue weighted by Crippen LogP contribution is 2.23. The van der Waals surface area contributed by atoms with Crippen LogP contribution >= 0.6 is 0 Å². The predicted octanol–water partition coefficient (Wildman–Crippen LogP) is 1.85. The number of nitrogens with one attached hydrogen (secondary N) is 1. The Morgan fingerprint density at radius 1 is 1.47 bits per heavy atom. The second-order valence-electron chi connectivity index (χ2n) is 5.05. The van der Waals surface area contributed by atoms with Crippen molar-refractivity contribution in [3.05, 3.63) is 33.9 Å². The molecule has 1 aromatic carbocycles. The summed E-state index contributed by atoms with van der Waals surface area (Å²) in [5.74, 6) is 0.445. The van der Waals surface area contributed by atoms with Gasteiger partial charge in [-0.1, -0.05) is 0 Å². The molecule has 0 fully saturated rings.